The summed E-state index contributed by atoms with van der Waals surface area (Å²) in [4.78, 5) is 16.2. The third kappa shape index (κ3) is 5.12. The molecule has 1 aliphatic carbocycles. The standard InChI is InChI=1S/C15H22ClN3O3/c1-21-6-7-22-12-4-2-11(3-5-12)18-15(20)13-8-10(17)9-14(16)19-13/h8-9,11-12H,2-7H2,1H3,(H2,17,19)(H,18,20). The maximum absolute atomic E-state index is 12.2. The molecule has 0 atom stereocenters. The number of nitrogens with zero attached hydrogens (tertiary/aromatic N) is 1. The Balaban J connectivity index is 1.79. The van der Waals surface area contributed by atoms with Crippen molar-refractivity contribution >= 4 is 23.2 Å². The van der Waals surface area contributed by atoms with Gasteiger partial charge in [0, 0.05) is 18.8 Å². The predicted octanol–water partition coefficient (Wildman–Crippen LogP) is 2.02. The molecule has 0 aliphatic heterocycles. The van der Waals surface area contributed by atoms with Gasteiger partial charge in [0.15, 0.2) is 0 Å². The summed E-state index contributed by atoms with van der Waals surface area (Å²) in [7, 11) is 1.66. The lowest BCUT2D eigenvalue weighted by Crippen LogP contribution is -2.39. The minimum absolute atomic E-state index is 0.136. The van der Waals surface area contributed by atoms with Crippen molar-refractivity contribution in [1.29, 1.82) is 0 Å². The minimum Gasteiger partial charge on any atom is -0.399 e. The average molecular weight is 328 g/mol. The number of amides is 1. The van der Waals surface area contributed by atoms with Gasteiger partial charge in [0.05, 0.1) is 19.3 Å². The number of hydrogen-bond donors (Lipinski definition) is 2. The summed E-state index contributed by atoms with van der Waals surface area (Å²) in [5.74, 6) is -0.238. The monoisotopic (exact) mass is 327 g/mol. The zero-order valence-corrected chi connectivity index (χ0v) is 13.4. The molecule has 1 aliphatic rings. The Morgan fingerprint density at radius 2 is 2.09 bits per heavy atom. The number of carbonyl (C=O) groups is 1. The van der Waals surface area contributed by atoms with Gasteiger partial charge in [-0.25, -0.2) is 4.98 Å². The molecule has 1 heterocycles. The van der Waals surface area contributed by atoms with Crippen LogP contribution in [0.2, 0.25) is 5.15 Å². The average Bonchev–Trinajstić information content (AvgIpc) is 2.48. The van der Waals surface area contributed by atoms with Gasteiger partial charge in [0.1, 0.15) is 10.8 Å². The van der Waals surface area contributed by atoms with Gasteiger partial charge in [0.2, 0.25) is 0 Å². The molecule has 0 aromatic carbocycles. The number of carbonyl (C=O) groups excluding carboxylic acids is 1. The van der Waals surface area contributed by atoms with Crippen LogP contribution in [0.4, 0.5) is 5.69 Å². The van der Waals surface area contributed by atoms with E-state index in [0.29, 0.717) is 18.9 Å². The summed E-state index contributed by atoms with van der Waals surface area (Å²) in [5, 5.41) is 3.20. The highest BCUT2D eigenvalue weighted by Gasteiger charge is 2.23. The number of ether oxygens (including phenoxy) is 2. The smallest absolute Gasteiger partial charge is 0.270 e. The van der Waals surface area contributed by atoms with Crippen molar-refractivity contribution in [1.82, 2.24) is 10.3 Å². The molecule has 3 N–H and O–H groups in total. The number of rotatable bonds is 6. The lowest BCUT2D eigenvalue weighted by Gasteiger charge is -2.29. The van der Waals surface area contributed by atoms with E-state index in [1.54, 1.807) is 7.11 Å². The molecule has 0 radical (unpaired) electrons. The van der Waals surface area contributed by atoms with E-state index in [-0.39, 0.29) is 28.9 Å². The van der Waals surface area contributed by atoms with Crippen LogP contribution in [-0.4, -0.2) is 43.4 Å². The fraction of sp³-hybridized carbons (Fsp3) is 0.600. The number of nitrogens with two attached hydrogens (primary N) is 1. The zero-order chi connectivity index (χ0) is 15.9. The molecular weight excluding hydrogens is 306 g/mol. The molecule has 1 fully saturated rings. The van der Waals surface area contributed by atoms with Crippen LogP contribution in [0, 0.1) is 0 Å². The lowest BCUT2D eigenvalue weighted by molar-refractivity contribution is -0.00409. The van der Waals surface area contributed by atoms with Crippen LogP contribution in [-0.2, 0) is 9.47 Å². The van der Waals surface area contributed by atoms with E-state index in [1.807, 2.05) is 0 Å². The molecule has 1 saturated carbocycles. The van der Waals surface area contributed by atoms with E-state index >= 15 is 0 Å². The number of aromatic nitrogens is 1. The quantitative estimate of drug-likeness (QED) is 0.616. The Hall–Kier alpha value is -1.37. The van der Waals surface area contributed by atoms with E-state index in [4.69, 9.17) is 26.8 Å². The molecule has 122 valence electrons. The molecule has 7 heteroatoms. The van der Waals surface area contributed by atoms with Crippen molar-refractivity contribution in [3.8, 4) is 0 Å². The number of hydrogen-bond acceptors (Lipinski definition) is 5. The van der Waals surface area contributed by atoms with Gasteiger partial charge in [-0.1, -0.05) is 11.6 Å². The van der Waals surface area contributed by atoms with Gasteiger partial charge in [0.25, 0.3) is 5.91 Å². The summed E-state index contributed by atoms with van der Waals surface area (Å²) in [6.45, 7) is 1.22. The molecule has 1 aromatic heterocycles. The maximum Gasteiger partial charge on any atom is 0.270 e. The van der Waals surface area contributed by atoms with Crippen molar-refractivity contribution in [3.63, 3.8) is 0 Å². The molecule has 0 saturated heterocycles. The lowest BCUT2D eigenvalue weighted by atomic mass is 9.93. The van der Waals surface area contributed by atoms with Gasteiger partial charge >= 0.3 is 0 Å². The molecular formula is C15H22ClN3O3. The summed E-state index contributed by atoms with van der Waals surface area (Å²) < 4.78 is 10.7. The van der Waals surface area contributed by atoms with E-state index in [1.165, 1.54) is 12.1 Å². The largest absolute Gasteiger partial charge is 0.399 e. The Morgan fingerprint density at radius 3 is 2.73 bits per heavy atom. The molecule has 0 bridgehead atoms. The molecule has 2 rings (SSSR count). The molecule has 0 unspecified atom stereocenters. The third-order valence-corrected chi connectivity index (χ3v) is 3.89. The third-order valence-electron chi connectivity index (χ3n) is 3.70. The number of nitrogen functional groups attached to an aromatic ring is 1. The van der Waals surface area contributed by atoms with Crippen molar-refractivity contribution in [3.05, 3.63) is 23.0 Å². The highest BCUT2D eigenvalue weighted by Crippen LogP contribution is 2.21. The number of nitrogens with one attached hydrogen (secondary N) is 1. The molecule has 1 aromatic rings. The number of anilines is 1. The highest BCUT2D eigenvalue weighted by atomic mass is 35.5. The van der Waals surface area contributed by atoms with Crippen LogP contribution in [0.1, 0.15) is 36.2 Å². The maximum atomic E-state index is 12.2. The van der Waals surface area contributed by atoms with E-state index in [9.17, 15) is 4.79 Å². The minimum atomic E-state index is -0.238. The second-order valence-electron chi connectivity index (χ2n) is 5.42. The van der Waals surface area contributed by atoms with Crippen LogP contribution in [0.3, 0.4) is 0 Å². The second-order valence-corrected chi connectivity index (χ2v) is 5.81. The summed E-state index contributed by atoms with van der Waals surface area (Å²) in [5.41, 5.74) is 6.36. The fourth-order valence-corrected chi connectivity index (χ4v) is 2.78. The fourth-order valence-electron chi connectivity index (χ4n) is 2.56. The normalized spacial score (nSPS) is 21.5. The van der Waals surface area contributed by atoms with Gasteiger partial charge in [-0.15, -0.1) is 0 Å². The van der Waals surface area contributed by atoms with Gasteiger partial charge in [-0.3, -0.25) is 4.79 Å². The first-order valence-electron chi connectivity index (χ1n) is 7.43. The van der Waals surface area contributed by atoms with E-state index in [2.05, 4.69) is 10.3 Å². The van der Waals surface area contributed by atoms with Crippen molar-refractivity contribution in [2.24, 2.45) is 0 Å². The van der Waals surface area contributed by atoms with Crippen LogP contribution < -0.4 is 11.1 Å². The zero-order valence-electron chi connectivity index (χ0n) is 12.7. The Labute approximate surface area is 135 Å². The molecule has 0 spiro atoms. The number of methoxy groups -OCH3 is 1. The SMILES string of the molecule is COCCOC1CCC(NC(=O)c2cc(N)cc(Cl)n2)CC1. The number of halogens is 1. The topological polar surface area (TPSA) is 86.5 Å². The van der Waals surface area contributed by atoms with Crippen molar-refractivity contribution < 1.29 is 14.3 Å². The molecule has 22 heavy (non-hydrogen) atoms. The Morgan fingerprint density at radius 1 is 1.36 bits per heavy atom. The number of pyridine rings is 1. The summed E-state index contributed by atoms with van der Waals surface area (Å²) >= 11 is 5.82. The van der Waals surface area contributed by atoms with Crippen LogP contribution in [0.5, 0.6) is 0 Å². The highest BCUT2D eigenvalue weighted by molar-refractivity contribution is 6.29. The molecule has 1 amide bonds. The summed E-state index contributed by atoms with van der Waals surface area (Å²) in [6.07, 6.45) is 3.89. The van der Waals surface area contributed by atoms with Gasteiger partial charge < -0.3 is 20.5 Å². The van der Waals surface area contributed by atoms with Gasteiger partial charge in [-0.2, -0.15) is 0 Å². The Bertz CT molecular complexity index is 485. The van der Waals surface area contributed by atoms with Crippen LogP contribution in [0.25, 0.3) is 0 Å². The summed E-state index contributed by atoms with van der Waals surface area (Å²) in [6, 6.07) is 3.18. The van der Waals surface area contributed by atoms with Crippen LogP contribution >= 0.6 is 11.6 Å². The van der Waals surface area contributed by atoms with E-state index < -0.39 is 0 Å². The van der Waals surface area contributed by atoms with Crippen molar-refractivity contribution in [2.75, 3.05) is 26.1 Å². The van der Waals surface area contributed by atoms with Crippen LogP contribution in [0.15, 0.2) is 12.1 Å². The first-order valence-corrected chi connectivity index (χ1v) is 7.80. The molecule has 6 nitrogen and oxygen atoms in total. The second kappa shape index (κ2) is 8.31. The first kappa shape index (κ1) is 17.0. The van der Waals surface area contributed by atoms with E-state index in [0.717, 1.165) is 25.7 Å². The first-order chi connectivity index (χ1) is 10.6. The predicted molar refractivity (Wildman–Crippen MR) is 85.0 cm³/mol. The van der Waals surface area contributed by atoms with Crippen molar-refractivity contribution in [2.45, 2.75) is 37.8 Å². The Kier molecular flexibility index (Phi) is 6.42. The van der Waals surface area contributed by atoms with Gasteiger partial charge in [-0.05, 0) is 37.8 Å².